The number of carbonyl (C=O) groups excluding carboxylic acids is 1. The minimum atomic E-state index is -0.532. The van der Waals surface area contributed by atoms with E-state index in [9.17, 15) is 9.18 Å². The van der Waals surface area contributed by atoms with Crippen molar-refractivity contribution in [3.63, 3.8) is 0 Å². The largest absolute Gasteiger partial charge is 0.442 e. The van der Waals surface area contributed by atoms with Crippen molar-refractivity contribution in [2.24, 2.45) is 5.73 Å². The van der Waals surface area contributed by atoms with Crippen LogP contribution >= 0.6 is 12.4 Å². The fourth-order valence-electron chi connectivity index (χ4n) is 3.74. The van der Waals surface area contributed by atoms with Crippen LogP contribution in [0.15, 0.2) is 52.9 Å². The van der Waals surface area contributed by atoms with E-state index in [1.807, 2.05) is 30.3 Å². The molecular weight excluding hydrogens is 421 g/mol. The van der Waals surface area contributed by atoms with Crippen LogP contribution in [0.5, 0.6) is 0 Å². The summed E-state index contributed by atoms with van der Waals surface area (Å²) in [7, 11) is 1.60. The third-order valence-electron chi connectivity index (χ3n) is 5.29. The maximum atomic E-state index is 14.3. The molecule has 2 aromatic carbocycles. The molecule has 0 aliphatic carbocycles. The summed E-state index contributed by atoms with van der Waals surface area (Å²) in [6.07, 6.45) is 0.685. The Labute approximate surface area is 186 Å². The summed E-state index contributed by atoms with van der Waals surface area (Å²) in [6.45, 7) is 1.14. The molecule has 1 atom stereocenters. The van der Waals surface area contributed by atoms with Gasteiger partial charge in [-0.25, -0.2) is 9.37 Å². The lowest BCUT2D eigenvalue weighted by Gasteiger charge is -2.25. The molecule has 31 heavy (non-hydrogen) atoms. The van der Waals surface area contributed by atoms with Gasteiger partial charge >= 0.3 is 0 Å². The second kappa shape index (κ2) is 10.0. The molecule has 0 radical (unpaired) electrons. The van der Waals surface area contributed by atoms with E-state index in [0.29, 0.717) is 37.5 Å². The summed E-state index contributed by atoms with van der Waals surface area (Å²) in [5.74, 6) is 0.312. The number of carbonyl (C=O) groups is 1. The van der Waals surface area contributed by atoms with Gasteiger partial charge in [-0.3, -0.25) is 4.79 Å². The van der Waals surface area contributed by atoms with E-state index in [2.05, 4.69) is 4.98 Å². The molecule has 0 fully saturated rings. The maximum absolute atomic E-state index is 14.3. The third kappa shape index (κ3) is 4.79. The molecule has 3 aromatic rings. The van der Waals surface area contributed by atoms with Crippen molar-refractivity contribution < 1.29 is 18.3 Å². The average molecular weight is 446 g/mol. The van der Waals surface area contributed by atoms with Crippen LogP contribution in [0.4, 0.5) is 4.39 Å². The summed E-state index contributed by atoms with van der Waals surface area (Å²) in [5.41, 5.74) is 8.10. The van der Waals surface area contributed by atoms with Gasteiger partial charge in [-0.15, -0.1) is 12.4 Å². The number of hydrogen-bond acceptors (Lipinski definition) is 5. The van der Waals surface area contributed by atoms with Gasteiger partial charge in [0, 0.05) is 20.1 Å². The zero-order chi connectivity index (χ0) is 21.1. The molecule has 1 amide bonds. The summed E-state index contributed by atoms with van der Waals surface area (Å²) < 4.78 is 25.9. The van der Waals surface area contributed by atoms with E-state index in [-0.39, 0.29) is 30.4 Å². The van der Waals surface area contributed by atoms with Crippen LogP contribution in [0.1, 0.15) is 44.9 Å². The first-order valence-electron chi connectivity index (χ1n) is 9.94. The normalized spacial score (nSPS) is 14.0. The highest BCUT2D eigenvalue weighted by atomic mass is 35.5. The number of hydrogen-bond donors (Lipinski definition) is 1. The van der Waals surface area contributed by atoms with Gasteiger partial charge in [0.1, 0.15) is 17.3 Å². The van der Waals surface area contributed by atoms with E-state index >= 15 is 0 Å². The molecule has 0 spiro atoms. The molecule has 8 heteroatoms. The van der Waals surface area contributed by atoms with Crippen LogP contribution in [0, 0.1) is 5.82 Å². The first-order chi connectivity index (χ1) is 14.6. The number of methoxy groups -OCH3 is 1. The highest BCUT2D eigenvalue weighted by Gasteiger charge is 2.30. The Morgan fingerprint density at radius 2 is 2.06 bits per heavy atom. The van der Waals surface area contributed by atoms with Gasteiger partial charge in [-0.2, -0.15) is 0 Å². The molecule has 1 aliphatic rings. The lowest BCUT2D eigenvalue weighted by molar-refractivity contribution is 0.0722. The predicted octanol–water partition coefficient (Wildman–Crippen LogP) is 3.67. The molecule has 4 rings (SSSR count). The van der Waals surface area contributed by atoms with E-state index in [1.54, 1.807) is 24.1 Å². The lowest BCUT2D eigenvalue weighted by atomic mass is 10.1. The van der Waals surface area contributed by atoms with Crippen molar-refractivity contribution >= 4 is 18.3 Å². The van der Waals surface area contributed by atoms with Crippen molar-refractivity contribution in [3.8, 4) is 0 Å². The van der Waals surface area contributed by atoms with Crippen LogP contribution in [-0.4, -0.2) is 36.0 Å². The molecule has 1 aliphatic heterocycles. The number of oxazole rings is 1. The van der Waals surface area contributed by atoms with E-state index in [4.69, 9.17) is 14.9 Å². The number of halogens is 2. The number of nitrogens with zero attached hydrogens (tertiary/aromatic N) is 2. The molecular formula is C23H25ClFN3O3. The van der Waals surface area contributed by atoms with Crippen molar-refractivity contribution in [1.29, 1.82) is 0 Å². The Bertz CT molecular complexity index is 1040. The Hall–Kier alpha value is -2.74. The van der Waals surface area contributed by atoms with Crippen molar-refractivity contribution in [1.82, 2.24) is 9.88 Å². The SMILES string of the molecule is COC(c1ccccc1)c1nc2c(o1)CCN(C(=O)c1cc(CCN)ccc1F)C2.Cl. The molecule has 1 unspecified atom stereocenters. The number of amides is 1. The minimum Gasteiger partial charge on any atom is -0.442 e. The number of benzene rings is 2. The van der Waals surface area contributed by atoms with Crippen LogP contribution in [0.25, 0.3) is 0 Å². The Morgan fingerprint density at radius 3 is 2.77 bits per heavy atom. The van der Waals surface area contributed by atoms with E-state index in [0.717, 1.165) is 16.9 Å². The third-order valence-corrected chi connectivity index (χ3v) is 5.29. The minimum absolute atomic E-state index is 0. The van der Waals surface area contributed by atoms with Crippen LogP contribution in [0.3, 0.4) is 0 Å². The second-order valence-electron chi connectivity index (χ2n) is 7.28. The van der Waals surface area contributed by atoms with Gasteiger partial charge in [-0.05, 0) is 36.2 Å². The molecule has 1 aromatic heterocycles. The van der Waals surface area contributed by atoms with Crippen molar-refractivity contribution in [2.75, 3.05) is 20.2 Å². The fraction of sp³-hybridized carbons (Fsp3) is 0.304. The number of rotatable bonds is 6. The maximum Gasteiger partial charge on any atom is 0.257 e. The van der Waals surface area contributed by atoms with Crippen molar-refractivity contribution in [2.45, 2.75) is 25.5 Å². The zero-order valence-corrected chi connectivity index (χ0v) is 18.0. The van der Waals surface area contributed by atoms with Crippen LogP contribution < -0.4 is 5.73 Å². The van der Waals surface area contributed by atoms with Gasteiger partial charge in [0.15, 0.2) is 6.10 Å². The smallest absolute Gasteiger partial charge is 0.257 e. The van der Waals surface area contributed by atoms with E-state index in [1.165, 1.54) is 6.07 Å². The number of ether oxygens (including phenoxy) is 1. The summed E-state index contributed by atoms with van der Waals surface area (Å²) >= 11 is 0. The Kier molecular flexibility index (Phi) is 7.43. The zero-order valence-electron chi connectivity index (χ0n) is 17.2. The molecule has 0 saturated heterocycles. The summed E-state index contributed by atoms with van der Waals surface area (Å²) in [6, 6.07) is 14.3. The van der Waals surface area contributed by atoms with Gasteiger partial charge in [0.2, 0.25) is 5.89 Å². The van der Waals surface area contributed by atoms with Crippen LogP contribution in [-0.2, 0) is 24.1 Å². The predicted molar refractivity (Wildman–Crippen MR) is 117 cm³/mol. The first-order valence-corrected chi connectivity index (χ1v) is 9.94. The van der Waals surface area contributed by atoms with Crippen LogP contribution in [0.2, 0.25) is 0 Å². The van der Waals surface area contributed by atoms with E-state index < -0.39 is 11.9 Å². The lowest BCUT2D eigenvalue weighted by Crippen LogP contribution is -2.36. The summed E-state index contributed by atoms with van der Waals surface area (Å²) in [5, 5.41) is 0. The topological polar surface area (TPSA) is 81.6 Å². The first kappa shape index (κ1) is 22.9. The van der Waals surface area contributed by atoms with Crippen molar-refractivity contribution in [3.05, 3.63) is 88.4 Å². The molecule has 6 nitrogen and oxygen atoms in total. The van der Waals surface area contributed by atoms with Gasteiger partial charge in [0.25, 0.3) is 5.91 Å². The average Bonchev–Trinajstić information content (AvgIpc) is 3.19. The Morgan fingerprint density at radius 1 is 1.29 bits per heavy atom. The highest BCUT2D eigenvalue weighted by molar-refractivity contribution is 5.94. The number of nitrogens with two attached hydrogens (primary N) is 1. The number of fused-ring (bicyclic) bond motifs is 1. The molecule has 2 N–H and O–H groups in total. The monoisotopic (exact) mass is 445 g/mol. The van der Waals surface area contributed by atoms with Gasteiger partial charge in [-0.1, -0.05) is 36.4 Å². The number of aromatic nitrogens is 1. The molecule has 164 valence electrons. The molecule has 2 heterocycles. The second-order valence-corrected chi connectivity index (χ2v) is 7.28. The highest BCUT2D eigenvalue weighted by Crippen LogP contribution is 2.29. The quantitative estimate of drug-likeness (QED) is 0.626. The molecule has 0 bridgehead atoms. The standard InChI is InChI=1S/C23H24FN3O3.ClH/c1-29-21(16-5-3-2-4-6-16)22-26-19-14-27(12-10-20(19)30-22)23(28)17-13-15(9-11-25)7-8-18(17)24;/h2-8,13,21H,9-12,14,25H2,1H3;1H. The Balaban J connectivity index is 0.00000272. The van der Waals surface area contributed by atoms with Gasteiger partial charge < -0.3 is 19.8 Å². The van der Waals surface area contributed by atoms with Gasteiger partial charge in [0.05, 0.1) is 12.1 Å². The fourth-order valence-corrected chi connectivity index (χ4v) is 3.74. The summed E-state index contributed by atoms with van der Waals surface area (Å²) in [4.78, 5) is 19.2. The molecule has 0 saturated carbocycles.